The van der Waals surface area contributed by atoms with Gasteiger partial charge in [-0.05, 0) is 62.8 Å². The lowest BCUT2D eigenvalue weighted by Crippen LogP contribution is -2.44. The molecule has 1 aliphatic heterocycles. The van der Waals surface area contributed by atoms with Crippen molar-refractivity contribution in [2.75, 3.05) is 18.5 Å². The summed E-state index contributed by atoms with van der Waals surface area (Å²) in [5.74, 6) is 1.69. The molecule has 4 atom stereocenters. The van der Waals surface area contributed by atoms with Crippen molar-refractivity contribution >= 4 is 17.6 Å². The van der Waals surface area contributed by atoms with Gasteiger partial charge < -0.3 is 19.7 Å². The van der Waals surface area contributed by atoms with E-state index in [2.05, 4.69) is 54.5 Å². The highest BCUT2D eigenvalue weighted by molar-refractivity contribution is 5.74. The minimum atomic E-state index is -0.334. The van der Waals surface area contributed by atoms with E-state index in [-0.39, 0.29) is 29.9 Å². The van der Waals surface area contributed by atoms with Crippen LogP contribution in [0.1, 0.15) is 69.9 Å². The van der Waals surface area contributed by atoms with Crippen LogP contribution in [0.2, 0.25) is 0 Å². The van der Waals surface area contributed by atoms with E-state index in [0.29, 0.717) is 11.7 Å². The first kappa shape index (κ1) is 25.1. The van der Waals surface area contributed by atoms with Crippen LogP contribution in [0.15, 0.2) is 42.5 Å². The number of amides is 1. The van der Waals surface area contributed by atoms with E-state index in [4.69, 9.17) is 9.47 Å². The Morgan fingerprint density at radius 2 is 1.91 bits per heavy atom. The van der Waals surface area contributed by atoms with Crippen LogP contribution in [0.4, 0.5) is 5.69 Å². The van der Waals surface area contributed by atoms with Gasteiger partial charge in [0, 0.05) is 56.9 Å². The number of hydrogen-bond acceptors (Lipinski definition) is 5. The predicted molar refractivity (Wildman–Crippen MR) is 138 cm³/mol. The molecule has 0 aromatic heterocycles. The summed E-state index contributed by atoms with van der Waals surface area (Å²) in [4.78, 5) is 26.0. The zero-order chi connectivity index (χ0) is 24.9. The lowest BCUT2D eigenvalue weighted by Gasteiger charge is -2.45. The molecular formula is C29H38N2O4. The van der Waals surface area contributed by atoms with Crippen molar-refractivity contribution in [3.63, 3.8) is 0 Å². The van der Waals surface area contributed by atoms with Crippen molar-refractivity contribution in [1.29, 1.82) is 0 Å². The Balaban J connectivity index is 1.53. The Labute approximate surface area is 209 Å². The molecule has 6 nitrogen and oxygen atoms in total. The number of nitrogens with one attached hydrogen (secondary N) is 1. The van der Waals surface area contributed by atoms with Gasteiger partial charge in [0.05, 0.1) is 6.10 Å². The van der Waals surface area contributed by atoms with Crippen LogP contribution in [-0.2, 0) is 16.0 Å². The number of anilines is 1. The molecule has 1 unspecified atom stereocenters. The standard InChI is InChI=1S/C29H38N2O4/c1-19(9-8-12-22-10-6-5-7-11-22)34-25-16-27-29(28(17-25)35-21(3)33)26-15-24(30-20(2)32)14-13-23(26)18-31(27)4/h5-7,10-11,16-17,19,23-24,26H,8-9,12-15,18H2,1-4H3,(H,30,32)/t19?,23-,24+,26+/m0/s1. The van der Waals surface area contributed by atoms with E-state index in [0.717, 1.165) is 62.1 Å². The summed E-state index contributed by atoms with van der Waals surface area (Å²) in [6.45, 7) is 6.05. The molecule has 4 rings (SSSR count). The van der Waals surface area contributed by atoms with Gasteiger partial charge >= 0.3 is 5.97 Å². The van der Waals surface area contributed by atoms with Gasteiger partial charge in [0.25, 0.3) is 0 Å². The third kappa shape index (κ3) is 6.36. The molecule has 6 heteroatoms. The van der Waals surface area contributed by atoms with Gasteiger partial charge in [-0.25, -0.2) is 0 Å². The maximum atomic E-state index is 12.0. The van der Waals surface area contributed by atoms with Crippen LogP contribution in [0, 0.1) is 5.92 Å². The van der Waals surface area contributed by atoms with Crippen molar-refractivity contribution in [2.24, 2.45) is 5.92 Å². The molecule has 2 aromatic rings. The number of aryl methyl sites for hydroxylation is 1. The molecule has 1 amide bonds. The van der Waals surface area contributed by atoms with Crippen LogP contribution in [0.3, 0.4) is 0 Å². The second-order valence-corrected chi connectivity index (χ2v) is 10.2. The van der Waals surface area contributed by atoms with E-state index in [9.17, 15) is 9.59 Å². The quantitative estimate of drug-likeness (QED) is 0.415. The molecule has 1 saturated carbocycles. The largest absolute Gasteiger partial charge is 0.491 e. The highest BCUT2D eigenvalue weighted by atomic mass is 16.5. The third-order valence-electron chi connectivity index (χ3n) is 7.29. The molecule has 2 aliphatic rings. The third-order valence-corrected chi connectivity index (χ3v) is 7.29. The summed E-state index contributed by atoms with van der Waals surface area (Å²) in [5.41, 5.74) is 3.46. The summed E-state index contributed by atoms with van der Waals surface area (Å²) in [5, 5.41) is 3.10. The number of ether oxygens (including phenoxy) is 2. The number of carbonyl (C=O) groups excluding carboxylic acids is 2. The van der Waals surface area contributed by atoms with E-state index in [1.54, 1.807) is 6.92 Å². The lowest BCUT2D eigenvalue weighted by atomic mass is 9.70. The maximum Gasteiger partial charge on any atom is 0.308 e. The summed E-state index contributed by atoms with van der Waals surface area (Å²) in [7, 11) is 2.10. The molecule has 0 spiro atoms. The highest BCUT2D eigenvalue weighted by Gasteiger charge is 2.40. The second-order valence-electron chi connectivity index (χ2n) is 10.2. The van der Waals surface area contributed by atoms with Crippen molar-refractivity contribution in [2.45, 2.75) is 77.4 Å². The summed E-state index contributed by atoms with van der Waals surface area (Å²) in [6, 6.07) is 14.6. The smallest absolute Gasteiger partial charge is 0.308 e. The Kier molecular flexibility index (Phi) is 7.99. The molecule has 2 aromatic carbocycles. The summed E-state index contributed by atoms with van der Waals surface area (Å²) < 4.78 is 12.1. The van der Waals surface area contributed by atoms with Crippen molar-refractivity contribution in [1.82, 2.24) is 5.32 Å². The van der Waals surface area contributed by atoms with Gasteiger partial charge in [-0.1, -0.05) is 30.3 Å². The normalized spacial score (nSPS) is 21.9. The minimum Gasteiger partial charge on any atom is -0.491 e. The summed E-state index contributed by atoms with van der Waals surface area (Å²) in [6.07, 6.45) is 5.93. The van der Waals surface area contributed by atoms with Gasteiger partial charge in [0.1, 0.15) is 11.5 Å². The topological polar surface area (TPSA) is 67.9 Å². The van der Waals surface area contributed by atoms with Crippen LogP contribution in [-0.4, -0.2) is 37.6 Å². The van der Waals surface area contributed by atoms with Crippen LogP contribution < -0.4 is 19.7 Å². The van der Waals surface area contributed by atoms with E-state index in [1.165, 1.54) is 12.5 Å². The van der Waals surface area contributed by atoms with E-state index < -0.39 is 0 Å². The fraction of sp³-hybridized carbons (Fsp3) is 0.517. The number of carbonyl (C=O) groups is 2. The molecule has 1 aliphatic carbocycles. The Morgan fingerprint density at radius 1 is 1.14 bits per heavy atom. The molecule has 188 valence electrons. The van der Waals surface area contributed by atoms with Crippen molar-refractivity contribution in [3.05, 3.63) is 53.6 Å². The maximum absolute atomic E-state index is 12.0. The van der Waals surface area contributed by atoms with Crippen molar-refractivity contribution in [3.8, 4) is 11.5 Å². The fourth-order valence-corrected chi connectivity index (χ4v) is 5.79. The molecule has 1 fully saturated rings. The van der Waals surface area contributed by atoms with E-state index in [1.807, 2.05) is 12.1 Å². The van der Waals surface area contributed by atoms with Crippen molar-refractivity contribution < 1.29 is 19.1 Å². The second kappa shape index (κ2) is 11.1. The van der Waals surface area contributed by atoms with Crippen LogP contribution in [0.25, 0.3) is 0 Å². The molecule has 0 radical (unpaired) electrons. The number of rotatable bonds is 8. The molecule has 0 bridgehead atoms. The molecule has 1 heterocycles. The first-order valence-corrected chi connectivity index (χ1v) is 12.8. The number of benzene rings is 2. The molecular weight excluding hydrogens is 440 g/mol. The minimum absolute atomic E-state index is 0.00631. The number of esters is 1. The lowest BCUT2D eigenvalue weighted by molar-refractivity contribution is -0.132. The van der Waals surface area contributed by atoms with Crippen LogP contribution >= 0.6 is 0 Å². The molecule has 35 heavy (non-hydrogen) atoms. The van der Waals surface area contributed by atoms with Gasteiger partial charge in [-0.15, -0.1) is 0 Å². The molecule has 0 saturated heterocycles. The highest BCUT2D eigenvalue weighted by Crippen LogP contribution is 2.51. The summed E-state index contributed by atoms with van der Waals surface area (Å²) >= 11 is 0. The zero-order valence-corrected chi connectivity index (χ0v) is 21.4. The fourth-order valence-electron chi connectivity index (χ4n) is 5.79. The van der Waals surface area contributed by atoms with Crippen LogP contribution in [0.5, 0.6) is 11.5 Å². The molecule has 1 N–H and O–H groups in total. The van der Waals surface area contributed by atoms with E-state index >= 15 is 0 Å². The Hall–Kier alpha value is -3.02. The SMILES string of the molecule is CC(=O)N[C@@H]1CC[C@H]2CN(C)c3cc(OC(C)CCCc4ccccc4)cc(OC(C)=O)c3[C@@H]2C1. The Morgan fingerprint density at radius 3 is 2.63 bits per heavy atom. The average molecular weight is 479 g/mol. The number of fused-ring (bicyclic) bond motifs is 3. The van der Waals surface area contributed by atoms with Gasteiger partial charge in [0.2, 0.25) is 5.91 Å². The zero-order valence-electron chi connectivity index (χ0n) is 21.4. The first-order valence-electron chi connectivity index (χ1n) is 12.8. The Bertz CT molecular complexity index is 1040. The van der Waals surface area contributed by atoms with Gasteiger partial charge in [0.15, 0.2) is 0 Å². The number of hydrogen-bond donors (Lipinski definition) is 1. The van der Waals surface area contributed by atoms with Gasteiger partial charge in [-0.2, -0.15) is 0 Å². The first-order chi connectivity index (χ1) is 16.8. The van der Waals surface area contributed by atoms with Gasteiger partial charge in [-0.3, -0.25) is 9.59 Å². The monoisotopic (exact) mass is 478 g/mol. The number of nitrogens with zero attached hydrogens (tertiary/aromatic N) is 1. The predicted octanol–water partition coefficient (Wildman–Crippen LogP) is 5.24. The average Bonchev–Trinajstić information content (AvgIpc) is 2.79.